The predicted octanol–water partition coefficient (Wildman–Crippen LogP) is 3.68. The van der Waals surface area contributed by atoms with Crippen LogP contribution in [-0.4, -0.2) is 23.7 Å². The largest absolute Gasteiger partial charge is 0.492 e. The van der Waals surface area contributed by atoms with E-state index in [1.807, 2.05) is 0 Å². The number of carbonyl (C=O) groups is 2. The summed E-state index contributed by atoms with van der Waals surface area (Å²) < 4.78 is 5.63. The number of benzene rings is 2. The summed E-state index contributed by atoms with van der Waals surface area (Å²) in [6.45, 7) is 0.333. The van der Waals surface area contributed by atoms with E-state index >= 15 is 0 Å². The summed E-state index contributed by atoms with van der Waals surface area (Å²) in [4.78, 5) is 23.5. The lowest BCUT2D eigenvalue weighted by Crippen LogP contribution is -2.31. The molecule has 2 amide bonds. The second-order valence-corrected chi connectivity index (χ2v) is 5.76. The average molecular weight is 347 g/mol. The maximum Gasteiger partial charge on any atom is 0.405 e. The van der Waals surface area contributed by atoms with E-state index < -0.39 is 12.1 Å². The Morgan fingerprint density at radius 2 is 2.00 bits per heavy atom. The van der Waals surface area contributed by atoms with Crippen molar-refractivity contribution in [1.82, 2.24) is 5.32 Å². The van der Waals surface area contributed by atoms with E-state index in [1.54, 1.807) is 42.5 Å². The van der Waals surface area contributed by atoms with Gasteiger partial charge >= 0.3 is 6.09 Å². The van der Waals surface area contributed by atoms with Gasteiger partial charge in [0, 0.05) is 22.7 Å². The molecule has 0 radical (unpaired) electrons. The van der Waals surface area contributed by atoms with Gasteiger partial charge in [-0.25, -0.2) is 4.79 Å². The first-order valence-corrected chi connectivity index (χ1v) is 7.74. The lowest BCUT2D eigenvalue weighted by Gasteiger charge is -2.27. The molecule has 1 aliphatic rings. The second-order valence-electron chi connectivity index (χ2n) is 5.33. The van der Waals surface area contributed by atoms with Crippen LogP contribution >= 0.6 is 11.6 Å². The number of halogens is 1. The quantitative estimate of drug-likeness (QED) is 0.791. The lowest BCUT2D eigenvalue weighted by molar-refractivity contribution is 0.102. The fourth-order valence-corrected chi connectivity index (χ4v) is 2.86. The van der Waals surface area contributed by atoms with Gasteiger partial charge in [0.05, 0.1) is 18.2 Å². The molecule has 1 heterocycles. The summed E-state index contributed by atoms with van der Waals surface area (Å²) in [5, 5.41) is 14.7. The monoisotopic (exact) mass is 346 g/mol. The molecule has 0 fully saturated rings. The molecule has 2 aromatic carbocycles. The number of hydrogen-bond donors (Lipinski definition) is 3. The fourth-order valence-electron chi connectivity index (χ4n) is 2.67. The van der Waals surface area contributed by atoms with Crippen LogP contribution in [-0.2, 0) is 0 Å². The third-order valence-electron chi connectivity index (χ3n) is 3.70. The molecule has 0 spiro atoms. The molecule has 3 N–H and O–H groups in total. The minimum atomic E-state index is -1.11. The smallest absolute Gasteiger partial charge is 0.405 e. The maximum absolute atomic E-state index is 12.6. The summed E-state index contributed by atoms with van der Waals surface area (Å²) in [6.07, 6.45) is -0.597. The van der Waals surface area contributed by atoms with Crippen molar-refractivity contribution >= 4 is 29.3 Å². The normalized spacial score (nSPS) is 15.8. The van der Waals surface area contributed by atoms with Crippen LogP contribution in [0.5, 0.6) is 5.75 Å². The molecule has 0 saturated carbocycles. The van der Waals surface area contributed by atoms with Crippen LogP contribution in [0.3, 0.4) is 0 Å². The zero-order chi connectivity index (χ0) is 17.1. The Bertz CT molecular complexity index is 794. The minimum Gasteiger partial charge on any atom is -0.492 e. The maximum atomic E-state index is 12.6. The summed E-state index contributed by atoms with van der Waals surface area (Å²) in [5.74, 6) is 0.0621. The van der Waals surface area contributed by atoms with Gasteiger partial charge in [0.2, 0.25) is 0 Å². The van der Waals surface area contributed by atoms with Crippen molar-refractivity contribution in [3.63, 3.8) is 0 Å². The number of rotatable bonds is 3. The van der Waals surface area contributed by atoms with Crippen LogP contribution in [0, 0.1) is 0 Å². The summed E-state index contributed by atoms with van der Waals surface area (Å²) in [6, 6.07) is 11.5. The zero-order valence-electron chi connectivity index (χ0n) is 12.6. The van der Waals surface area contributed by atoms with Crippen LogP contribution in [0.4, 0.5) is 10.5 Å². The molecule has 0 unspecified atom stereocenters. The zero-order valence-corrected chi connectivity index (χ0v) is 13.3. The molecule has 24 heavy (non-hydrogen) atoms. The molecule has 6 nitrogen and oxygen atoms in total. The van der Waals surface area contributed by atoms with Crippen LogP contribution in [0.15, 0.2) is 42.5 Å². The van der Waals surface area contributed by atoms with Crippen molar-refractivity contribution in [3.05, 3.63) is 58.6 Å². The van der Waals surface area contributed by atoms with Crippen molar-refractivity contribution in [2.45, 2.75) is 12.5 Å². The SMILES string of the molecule is O=C(O)N[C@H]1CCOc2c(C(=O)Nc3cccc(Cl)c3)cccc21. The van der Waals surface area contributed by atoms with Crippen molar-refractivity contribution in [2.24, 2.45) is 0 Å². The topological polar surface area (TPSA) is 87.7 Å². The van der Waals surface area contributed by atoms with E-state index in [9.17, 15) is 9.59 Å². The Morgan fingerprint density at radius 3 is 2.75 bits per heavy atom. The van der Waals surface area contributed by atoms with Crippen LogP contribution in [0.2, 0.25) is 5.02 Å². The van der Waals surface area contributed by atoms with Crippen LogP contribution < -0.4 is 15.4 Å². The van der Waals surface area contributed by atoms with E-state index in [0.29, 0.717) is 40.6 Å². The molecule has 2 aromatic rings. The highest BCUT2D eigenvalue weighted by molar-refractivity contribution is 6.31. The molecular weight excluding hydrogens is 332 g/mol. The van der Waals surface area contributed by atoms with E-state index in [1.165, 1.54) is 0 Å². The molecular formula is C17H15ClN2O4. The van der Waals surface area contributed by atoms with Gasteiger partial charge in [-0.3, -0.25) is 4.79 Å². The van der Waals surface area contributed by atoms with E-state index in [-0.39, 0.29) is 5.91 Å². The lowest BCUT2D eigenvalue weighted by atomic mass is 9.97. The predicted molar refractivity (Wildman–Crippen MR) is 89.9 cm³/mol. The molecule has 0 bridgehead atoms. The molecule has 0 aliphatic carbocycles. The van der Waals surface area contributed by atoms with E-state index in [0.717, 1.165) is 0 Å². The van der Waals surface area contributed by atoms with Gasteiger partial charge < -0.3 is 20.5 Å². The third-order valence-corrected chi connectivity index (χ3v) is 3.93. The Kier molecular flexibility index (Phi) is 4.57. The highest BCUT2D eigenvalue weighted by Gasteiger charge is 2.27. The minimum absolute atomic E-state index is 0.333. The van der Waals surface area contributed by atoms with Crippen molar-refractivity contribution in [2.75, 3.05) is 11.9 Å². The van der Waals surface area contributed by atoms with E-state index in [2.05, 4.69) is 10.6 Å². The van der Waals surface area contributed by atoms with Gasteiger partial charge in [0.1, 0.15) is 5.75 Å². The molecule has 0 aromatic heterocycles. The number of ether oxygens (including phenoxy) is 1. The number of nitrogens with one attached hydrogen (secondary N) is 2. The first-order chi connectivity index (χ1) is 11.5. The highest BCUT2D eigenvalue weighted by Crippen LogP contribution is 2.35. The Morgan fingerprint density at radius 1 is 1.21 bits per heavy atom. The van der Waals surface area contributed by atoms with Crippen molar-refractivity contribution in [1.29, 1.82) is 0 Å². The standard InChI is InChI=1S/C17H15ClN2O4/c18-10-3-1-4-11(9-10)19-16(21)13-6-2-5-12-14(20-17(22)23)7-8-24-15(12)13/h1-6,9,14,20H,7-8H2,(H,19,21)(H,22,23)/t14-/m0/s1. The van der Waals surface area contributed by atoms with Gasteiger partial charge in [0.15, 0.2) is 0 Å². The van der Waals surface area contributed by atoms with E-state index in [4.69, 9.17) is 21.4 Å². The third kappa shape index (κ3) is 3.44. The summed E-state index contributed by atoms with van der Waals surface area (Å²) in [7, 11) is 0. The Balaban J connectivity index is 1.89. The Hall–Kier alpha value is -2.73. The summed E-state index contributed by atoms with van der Waals surface area (Å²) >= 11 is 5.92. The molecule has 124 valence electrons. The van der Waals surface area contributed by atoms with Crippen molar-refractivity contribution < 1.29 is 19.4 Å². The van der Waals surface area contributed by atoms with Crippen molar-refractivity contribution in [3.8, 4) is 5.75 Å². The Labute approximate surface area is 143 Å². The van der Waals surface area contributed by atoms with Gasteiger partial charge in [-0.2, -0.15) is 0 Å². The molecule has 0 saturated heterocycles. The van der Waals surface area contributed by atoms with Gasteiger partial charge in [0.25, 0.3) is 5.91 Å². The number of fused-ring (bicyclic) bond motifs is 1. The second kappa shape index (κ2) is 6.80. The first-order valence-electron chi connectivity index (χ1n) is 7.36. The number of para-hydroxylation sites is 1. The number of anilines is 1. The van der Waals surface area contributed by atoms with Gasteiger partial charge in [-0.05, 0) is 24.3 Å². The van der Waals surface area contributed by atoms with Gasteiger partial charge in [-0.15, -0.1) is 0 Å². The van der Waals surface area contributed by atoms with Gasteiger partial charge in [-0.1, -0.05) is 29.8 Å². The molecule has 3 rings (SSSR count). The molecule has 7 heteroatoms. The number of carbonyl (C=O) groups excluding carboxylic acids is 1. The molecule has 1 aliphatic heterocycles. The number of carboxylic acid groups (broad SMARTS) is 1. The summed E-state index contributed by atoms with van der Waals surface area (Å²) in [5.41, 5.74) is 1.58. The first kappa shape index (κ1) is 16.1. The van der Waals surface area contributed by atoms with Crippen LogP contribution in [0.25, 0.3) is 0 Å². The van der Waals surface area contributed by atoms with Crippen LogP contribution in [0.1, 0.15) is 28.4 Å². The fraction of sp³-hybridized carbons (Fsp3) is 0.176. The number of hydrogen-bond acceptors (Lipinski definition) is 3. The highest BCUT2D eigenvalue weighted by atomic mass is 35.5. The molecule has 1 atom stereocenters. The average Bonchev–Trinajstić information content (AvgIpc) is 2.54. The number of amides is 2.